The summed E-state index contributed by atoms with van der Waals surface area (Å²) in [6.07, 6.45) is 2.30. The maximum absolute atomic E-state index is 14.9. The maximum Gasteiger partial charge on any atom is 0.357 e. The van der Waals surface area contributed by atoms with Gasteiger partial charge in [0, 0.05) is 37.6 Å². The number of benzene rings is 2. The largest absolute Gasteiger partial charge is 0.490 e. The van der Waals surface area contributed by atoms with Crippen LogP contribution >= 0.6 is 22.7 Å². The maximum atomic E-state index is 14.9. The number of carbonyl (C=O) groups is 1. The zero-order chi connectivity index (χ0) is 39.3. The van der Waals surface area contributed by atoms with Crippen molar-refractivity contribution in [3.05, 3.63) is 80.8 Å². The molecule has 0 bridgehead atoms. The van der Waals surface area contributed by atoms with E-state index in [1.54, 1.807) is 23.5 Å². The van der Waals surface area contributed by atoms with Gasteiger partial charge in [0.05, 0.1) is 30.5 Å². The highest BCUT2D eigenvalue weighted by atomic mass is 32.1. The Bertz CT molecular complexity index is 2300. The van der Waals surface area contributed by atoms with Crippen LogP contribution in [-0.4, -0.2) is 86.7 Å². The van der Waals surface area contributed by atoms with Crippen LogP contribution in [0.15, 0.2) is 53.5 Å². The molecule has 0 radical (unpaired) electrons. The smallest absolute Gasteiger partial charge is 0.357 e. The third-order valence-electron chi connectivity index (χ3n) is 9.23. The second-order valence-corrected chi connectivity index (χ2v) is 23.1. The van der Waals surface area contributed by atoms with Gasteiger partial charge in [-0.05, 0) is 88.3 Å². The molecule has 0 aliphatic heterocycles. The number of aryl methyl sites for hydroxylation is 1. The summed E-state index contributed by atoms with van der Waals surface area (Å²) in [6.45, 7) is 11.0. The Labute approximate surface area is 330 Å². The van der Waals surface area contributed by atoms with E-state index in [-0.39, 0.29) is 16.9 Å². The van der Waals surface area contributed by atoms with Gasteiger partial charge in [-0.3, -0.25) is 9.47 Å². The third-order valence-corrected chi connectivity index (χ3v) is 13.1. The Morgan fingerprint density at radius 1 is 1.09 bits per heavy atom. The zero-order valence-electron chi connectivity index (χ0n) is 32.7. The van der Waals surface area contributed by atoms with Gasteiger partial charge < -0.3 is 19.1 Å². The fraction of sp³-hybridized carbons (Fsp3) is 0.425. The molecule has 3 aromatic heterocycles. The summed E-state index contributed by atoms with van der Waals surface area (Å²) in [7, 11) is 5.83. The molecule has 6 rings (SSSR count). The molecule has 0 spiro atoms. The summed E-state index contributed by atoms with van der Waals surface area (Å²) >= 11 is 2.98. The van der Waals surface area contributed by atoms with Crippen LogP contribution in [0.5, 0.6) is 5.75 Å². The molecule has 3 heterocycles. The molecule has 1 fully saturated rings. The highest BCUT2D eigenvalue weighted by Gasteiger charge is 2.45. The lowest BCUT2D eigenvalue weighted by Gasteiger charge is -2.16. The van der Waals surface area contributed by atoms with E-state index >= 15 is 0 Å². The summed E-state index contributed by atoms with van der Waals surface area (Å²) in [5.74, 6) is 6.28. The first kappa shape index (κ1) is 40.2. The Morgan fingerprint density at radius 2 is 1.87 bits per heavy atom. The molecule has 1 saturated carbocycles. The van der Waals surface area contributed by atoms with E-state index in [0.29, 0.717) is 55.2 Å². The van der Waals surface area contributed by atoms with Crippen molar-refractivity contribution in [2.75, 3.05) is 52.9 Å². The first-order valence-corrected chi connectivity index (χ1v) is 23.5. The van der Waals surface area contributed by atoms with Crippen molar-refractivity contribution in [1.82, 2.24) is 24.6 Å². The number of carbonyl (C=O) groups excluding carboxylic acids is 1. The van der Waals surface area contributed by atoms with Crippen LogP contribution in [0.25, 0.3) is 10.2 Å². The number of esters is 1. The van der Waals surface area contributed by atoms with Gasteiger partial charge in [0.25, 0.3) is 0 Å². The normalized spacial score (nSPS) is 13.9. The lowest BCUT2D eigenvalue weighted by molar-refractivity contribution is 0.0593. The lowest BCUT2D eigenvalue weighted by atomic mass is 10.0. The Morgan fingerprint density at radius 3 is 2.56 bits per heavy atom. The van der Waals surface area contributed by atoms with Crippen molar-refractivity contribution in [2.45, 2.75) is 58.6 Å². The SMILES string of the molecule is COC(=O)c1nc(N(C)c2cc(C)c(N=c3sc4ccccc4n3COCC[Si](C)(C)C)nn2)sc1CC1(COc2ccc(C#CCN(C)C)cc2F)CC1. The number of rotatable bonds is 15. The second kappa shape index (κ2) is 17.1. The second-order valence-electron chi connectivity index (χ2n) is 15.4. The number of nitrogens with zero attached hydrogens (tertiary/aromatic N) is 7. The molecule has 290 valence electrons. The van der Waals surface area contributed by atoms with Crippen molar-refractivity contribution in [1.29, 1.82) is 0 Å². The van der Waals surface area contributed by atoms with Crippen LogP contribution in [0, 0.1) is 30.0 Å². The van der Waals surface area contributed by atoms with Gasteiger partial charge in [-0.2, -0.15) is 4.99 Å². The number of hydrogen-bond donors (Lipinski definition) is 0. The van der Waals surface area contributed by atoms with Gasteiger partial charge in [0.15, 0.2) is 38.8 Å². The van der Waals surface area contributed by atoms with Gasteiger partial charge in [-0.1, -0.05) is 55.0 Å². The summed E-state index contributed by atoms with van der Waals surface area (Å²) in [4.78, 5) is 27.9. The molecular formula is C40H48FN7O4S2Si. The standard InChI is InChI=1S/C40H48FN7O4S2Si/c1-27-22-34(44-45-36(27)43-39-48(26-51-20-21-55(6,7)8)30-13-9-10-14-32(30)53-39)47(4)38-42-35(37(49)50-5)33(54-38)24-40(17-18-40)25-52-31-16-15-28(23-29(31)41)12-11-19-46(2)3/h9-10,13-16,22-23H,17-21,24-26H2,1-8H3. The molecule has 1 aliphatic rings. The van der Waals surface area contributed by atoms with Crippen LogP contribution in [0.3, 0.4) is 0 Å². The molecule has 0 N–H and O–H groups in total. The Kier molecular flexibility index (Phi) is 12.5. The van der Waals surface area contributed by atoms with Crippen molar-refractivity contribution in [2.24, 2.45) is 10.4 Å². The summed E-state index contributed by atoms with van der Waals surface area (Å²) in [6, 6.07) is 16.0. The monoisotopic (exact) mass is 801 g/mol. The number of halogens is 1. The summed E-state index contributed by atoms with van der Waals surface area (Å²) < 4.78 is 35.4. The minimum Gasteiger partial charge on any atom is -0.490 e. The molecule has 15 heteroatoms. The van der Waals surface area contributed by atoms with Crippen molar-refractivity contribution >= 4 is 63.7 Å². The summed E-state index contributed by atoms with van der Waals surface area (Å²) in [5, 5.41) is 9.62. The van der Waals surface area contributed by atoms with Gasteiger partial charge >= 0.3 is 5.97 Å². The number of fused-ring (bicyclic) bond motifs is 1. The minimum atomic E-state index is -1.22. The fourth-order valence-electron chi connectivity index (χ4n) is 5.67. The number of thiazole rings is 2. The molecule has 0 unspecified atom stereocenters. The van der Waals surface area contributed by atoms with Crippen LogP contribution in [0.1, 0.15) is 39.3 Å². The highest BCUT2D eigenvalue weighted by molar-refractivity contribution is 7.16. The first-order valence-electron chi connectivity index (χ1n) is 18.2. The minimum absolute atomic E-state index is 0.180. The molecule has 0 amide bonds. The van der Waals surface area contributed by atoms with E-state index in [2.05, 4.69) is 58.4 Å². The number of para-hydroxylation sites is 1. The van der Waals surface area contributed by atoms with Crippen LogP contribution in [-0.2, 0) is 22.6 Å². The van der Waals surface area contributed by atoms with E-state index in [1.165, 1.54) is 24.5 Å². The highest BCUT2D eigenvalue weighted by Crippen LogP contribution is 2.50. The number of methoxy groups -OCH3 is 1. The number of aromatic nitrogens is 4. The predicted octanol–water partition coefficient (Wildman–Crippen LogP) is 7.81. The van der Waals surface area contributed by atoms with Gasteiger partial charge in [0.1, 0.15) is 6.73 Å². The van der Waals surface area contributed by atoms with E-state index in [1.807, 2.05) is 56.1 Å². The van der Waals surface area contributed by atoms with Gasteiger partial charge in [-0.15, -0.1) is 21.5 Å². The average Bonchev–Trinajstić information content (AvgIpc) is 3.63. The first-order chi connectivity index (χ1) is 26.2. The topological polar surface area (TPSA) is 107 Å². The van der Waals surface area contributed by atoms with Crippen molar-refractivity contribution in [3.63, 3.8) is 0 Å². The molecular weight excluding hydrogens is 754 g/mol. The van der Waals surface area contributed by atoms with Gasteiger partial charge in [0.2, 0.25) is 0 Å². The van der Waals surface area contributed by atoms with Crippen molar-refractivity contribution < 1.29 is 23.4 Å². The molecule has 2 aromatic carbocycles. The Balaban J connectivity index is 1.18. The molecule has 5 aromatic rings. The quantitative estimate of drug-likeness (QED) is 0.0454. The molecule has 55 heavy (non-hydrogen) atoms. The van der Waals surface area contributed by atoms with Crippen molar-refractivity contribution in [3.8, 4) is 17.6 Å². The molecule has 1 aliphatic carbocycles. The van der Waals surface area contributed by atoms with E-state index in [9.17, 15) is 9.18 Å². The average molecular weight is 802 g/mol. The molecule has 0 saturated heterocycles. The van der Waals surface area contributed by atoms with Crippen LogP contribution in [0.2, 0.25) is 25.7 Å². The number of ether oxygens (including phenoxy) is 3. The van der Waals surface area contributed by atoms with E-state index in [0.717, 1.165) is 44.3 Å². The third kappa shape index (κ3) is 10.2. The van der Waals surface area contributed by atoms with E-state index in [4.69, 9.17) is 24.2 Å². The summed E-state index contributed by atoms with van der Waals surface area (Å²) in [5.41, 5.74) is 2.50. The van der Waals surface area contributed by atoms with E-state index < -0.39 is 19.9 Å². The zero-order valence-corrected chi connectivity index (χ0v) is 35.4. The number of hydrogen-bond acceptors (Lipinski definition) is 12. The fourth-order valence-corrected chi connectivity index (χ4v) is 8.64. The van der Waals surface area contributed by atoms with Crippen LogP contribution in [0.4, 0.5) is 21.2 Å². The Hall–Kier alpha value is -4.46. The molecule has 0 atom stereocenters. The van der Waals surface area contributed by atoms with Crippen LogP contribution < -0.4 is 14.4 Å². The lowest BCUT2D eigenvalue weighted by Crippen LogP contribution is -2.23. The molecule has 11 nitrogen and oxygen atoms in total. The van der Waals surface area contributed by atoms with Gasteiger partial charge in [-0.25, -0.2) is 14.2 Å². The number of anilines is 2. The predicted molar refractivity (Wildman–Crippen MR) is 220 cm³/mol.